The number of hydrogen-bond acceptors (Lipinski definition) is 1. The number of carbonyl (C=O) groups is 1. The Morgan fingerprint density at radius 2 is 1.85 bits per heavy atom. The Balaban J connectivity index is 2.03. The van der Waals surface area contributed by atoms with E-state index >= 15 is 0 Å². The van der Waals surface area contributed by atoms with Crippen molar-refractivity contribution < 1.29 is 18.0 Å². The minimum Gasteiger partial charge on any atom is -0.300 e. The van der Waals surface area contributed by atoms with E-state index in [1.165, 1.54) is 0 Å². The molecule has 1 nitrogen and oxygen atoms in total. The number of Topliss-reactive ketones (excluding diaryl/α,β-unsaturated/α-hetero) is 1. The third kappa shape index (κ3) is 5.66. The number of alkyl halides is 3. The molecule has 0 saturated heterocycles. The van der Waals surface area contributed by atoms with Gasteiger partial charge in [0.15, 0.2) is 0 Å². The van der Waals surface area contributed by atoms with Gasteiger partial charge in [-0.15, -0.1) is 0 Å². The fraction of sp³-hybridized carbons (Fsp3) is 0.889. The van der Waals surface area contributed by atoms with Crippen molar-refractivity contribution >= 4 is 5.78 Å². The molecule has 13 heavy (non-hydrogen) atoms. The molecule has 1 aliphatic rings. The molecule has 0 spiro atoms. The van der Waals surface area contributed by atoms with Gasteiger partial charge in [-0.05, 0) is 12.3 Å². The van der Waals surface area contributed by atoms with Crippen LogP contribution in [0.4, 0.5) is 13.2 Å². The van der Waals surface area contributed by atoms with Gasteiger partial charge in [0.2, 0.25) is 0 Å². The summed E-state index contributed by atoms with van der Waals surface area (Å²) >= 11 is 0. The first-order chi connectivity index (χ1) is 5.97. The van der Waals surface area contributed by atoms with Crippen LogP contribution in [-0.4, -0.2) is 12.0 Å². The third-order valence-corrected chi connectivity index (χ3v) is 2.22. The maximum Gasteiger partial charge on any atom is 0.389 e. The van der Waals surface area contributed by atoms with Gasteiger partial charge in [-0.25, -0.2) is 0 Å². The lowest BCUT2D eigenvalue weighted by Crippen LogP contribution is -2.10. The van der Waals surface area contributed by atoms with Crippen LogP contribution >= 0.6 is 0 Å². The van der Waals surface area contributed by atoms with E-state index in [2.05, 4.69) is 0 Å². The summed E-state index contributed by atoms with van der Waals surface area (Å²) in [7, 11) is 0. The summed E-state index contributed by atoms with van der Waals surface area (Å²) in [4.78, 5) is 10.9. The molecule has 0 bridgehead atoms. The first-order valence-electron chi connectivity index (χ1n) is 4.56. The predicted molar refractivity (Wildman–Crippen MR) is 42.3 cm³/mol. The quantitative estimate of drug-likeness (QED) is 0.657. The number of rotatable bonds is 5. The Bertz CT molecular complexity index is 182. The Morgan fingerprint density at radius 3 is 2.31 bits per heavy atom. The number of ketones is 1. The smallest absolute Gasteiger partial charge is 0.300 e. The van der Waals surface area contributed by atoms with E-state index in [1.54, 1.807) is 0 Å². The lowest BCUT2D eigenvalue weighted by atomic mass is 10.1. The summed E-state index contributed by atoms with van der Waals surface area (Å²) in [6, 6.07) is 0. The van der Waals surface area contributed by atoms with Crippen LogP contribution in [0, 0.1) is 5.92 Å². The van der Waals surface area contributed by atoms with Crippen LogP contribution in [0.25, 0.3) is 0 Å². The van der Waals surface area contributed by atoms with Crippen molar-refractivity contribution in [1.29, 1.82) is 0 Å². The van der Waals surface area contributed by atoms with E-state index in [4.69, 9.17) is 0 Å². The summed E-state index contributed by atoms with van der Waals surface area (Å²) in [5.74, 6) is 0.374. The Kier molecular flexibility index (Phi) is 3.33. The molecule has 0 aliphatic heterocycles. The highest BCUT2D eigenvalue weighted by Gasteiger charge is 2.28. The minimum atomic E-state index is -4.19. The Morgan fingerprint density at radius 1 is 1.23 bits per heavy atom. The zero-order valence-electron chi connectivity index (χ0n) is 7.36. The first-order valence-corrected chi connectivity index (χ1v) is 4.56. The van der Waals surface area contributed by atoms with E-state index in [0.29, 0.717) is 12.3 Å². The van der Waals surface area contributed by atoms with Gasteiger partial charge in [-0.1, -0.05) is 12.8 Å². The second-order valence-corrected chi connectivity index (χ2v) is 3.64. The molecule has 0 atom stereocenters. The van der Waals surface area contributed by atoms with Gasteiger partial charge in [0.1, 0.15) is 5.78 Å². The van der Waals surface area contributed by atoms with Crippen molar-refractivity contribution in [3.63, 3.8) is 0 Å². The lowest BCUT2D eigenvalue weighted by Gasteiger charge is -2.04. The van der Waals surface area contributed by atoms with Crippen molar-refractivity contribution in [1.82, 2.24) is 0 Å². The zero-order chi connectivity index (χ0) is 9.90. The van der Waals surface area contributed by atoms with Gasteiger partial charge < -0.3 is 0 Å². The average molecular weight is 194 g/mol. The molecule has 0 radical (unpaired) electrons. The summed E-state index contributed by atoms with van der Waals surface area (Å²) in [6.07, 6.45) is -2.07. The van der Waals surface area contributed by atoms with E-state index in [1.807, 2.05) is 0 Å². The molecule has 0 heterocycles. The van der Waals surface area contributed by atoms with Crippen molar-refractivity contribution in [2.45, 2.75) is 44.7 Å². The molecule has 0 aromatic heterocycles. The molecule has 4 heteroatoms. The minimum absolute atomic E-state index is 0.246. The van der Waals surface area contributed by atoms with Crippen molar-refractivity contribution in [3.8, 4) is 0 Å². The summed E-state index contributed by atoms with van der Waals surface area (Å²) in [5, 5.41) is 0. The van der Waals surface area contributed by atoms with Crippen molar-refractivity contribution in [2.24, 2.45) is 5.92 Å². The molecule has 76 valence electrons. The van der Waals surface area contributed by atoms with E-state index in [-0.39, 0.29) is 12.2 Å². The maximum absolute atomic E-state index is 11.7. The fourth-order valence-electron chi connectivity index (χ4n) is 1.18. The molecule has 0 aromatic carbocycles. The molecule has 1 aliphatic carbocycles. The van der Waals surface area contributed by atoms with Crippen LogP contribution in [0.2, 0.25) is 0 Å². The van der Waals surface area contributed by atoms with Crippen LogP contribution in [0.3, 0.4) is 0 Å². The van der Waals surface area contributed by atoms with Crippen LogP contribution < -0.4 is 0 Å². The molecule has 0 unspecified atom stereocenters. The Hall–Kier alpha value is -0.540. The van der Waals surface area contributed by atoms with Crippen molar-refractivity contribution in [2.75, 3.05) is 0 Å². The van der Waals surface area contributed by atoms with Crippen LogP contribution in [0.1, 0.15) is 38.5 Å². The monoisotopic (exact) mass is 194 g/mol. The molecular formula is C9H13F3O. The second kappa shape index (κ2) is 4.11. The standard InChI is InChI=1S/C9H13F3O/c10-9(11,12)6-5-8(13)4-3-7-1-2-7/h7H,1-6H2. The SMILES string of the molecule is O=C(CCC1CC1)CCC(F)(F)F. The molecule has 0 amide bonds. The van der Waals surface area contributed by atoms with Crippen molar-refractivity contribution in [3.05, 3.63) is 0 Å². The number of carbonyl (C=O) groups excluding carboxylic acids is 1. The highest BCUT2D eigenvalue weighted by atomic mass is 19.4. The normalized spacial score (nSPS) is 17.5. The van der Waals surface area contributed by atoms with Gasteiger partial charge in [0, 0.05) is 12.8 Å². The number of halogens is 3. The van der Waals surface area contributed by atoms with Gasteiger partial charge in [-0.3, -0.25) is 4.79 Å². The lowest BCUT2D eigenvalue weighted by molar-refractivity contribution is -0.143. The van der Waals surface area contributed by atoms with E-state index in [0.717, 1.165) is 19.3 Å². The third-order valence-electron chi connectivity index (χ3n) is 2.22. The average Bonchev–Trinajstić information content (AvgIpc) is 2.78. The summed E-state index contributed by atoms with van der Waals surface area (Å²) < 4.78 is 35.0. The van der Waals surface area contributed by atoms with Crippen LogP contribution in [0.5, 0.6) is 0 Å². The topological polar surface area (TPSA) is 17.1 Å². The molecule has 1 rings (SSSR count). The maximum atomic E-state index is 11.7. The Labute approximate surface area is 75.3 Å². The zero-order valence-corrected chi connectivity index (χ0v) is 7.36. The largest absolute Gasteiger partial charge is 0.389 e. The molecule has 1 fully saturated rings. The molecule has 0 aromatic rings. The van der Waals surface area contributed by atoms with Gasteiger partial charge in [0.25, 0.3) is 0 Å². The fourth-order valence-corrected chi connectivity index (χ4v) is 1.18. The summed E-state index contributed by atoms with van der Waals surface area (Å²) in [5.41, 5.74) is 0. The molecule has 0 N–H and O–H groups in total. The molecule has 1 saturated carbocycles. The van der Waals surface area contributed by atoms with Gasteiger partial charge in [-0.2, -0.15) is 13.2 Å². The van der Waals surface area contributed by atoms with Crippen LogP contribution in [-0.2, 0) is 4.79 Å². The van der Waals surface area contributed by atoms with Crippen LogP contribution in [0.15, 0.2) is 0 Å². The molecular weight excluding hydrogens is 181 g/mol. The van der Waals surface area contributed by atoms with E-state index in [9.17, 15) is 18.0 Å². The predicted octanol–water partition coefficient (Wildman–Crippen LogP) is 3.09. The van der Waals surface area contributed by atoms with E-state index < -0.39 is 12.6 Å². The van der Waals surface area contributed by atoms with Gasteiger partial charge in [0.05, 0.1) is 6.42 Å². The highest BCUT2D eigenvalue weighted by molar-refractivity contribution is 5.78. The first kappa shape index (κ1) is 10.5. The van der Waals surface area contributed by atoms with Gasteiger partial charge >= 0.3 is 6.18 Å². The number of hydrogen-bond donors (Lipinski definition) is 0. The summed E-state index contributed by atoms with van der Waals surface area (Å²) in [6.45, 7) is 0. The second-order valence-electron chi connectivity index (χ2n) is 3.64. The highest BCUT2D eigenvalue weighted by Crippen LogP contribution is 2.33.